The molecule has 2 N–H and O–H groups in total. The average Bonchev–Trinajstić information content (AvgIpc) is 2.15. The second-order valence-electron chi connectivity index (χ2n) is 3.18. The van der Waals surface area contributed by atoms with Gasteiger partial charge in [-0.15, -0.1) is 0 Å². The normalized spacial score (nSPS) is 15.1. The molecule has 0 heterocycles. The summed E-state index contributed by atoms with van der Waals surface area (Å²) in [6.45, 7) is 4.35. The Balaban J connectivity index is 3.47. The molecular formula is C9H19NO2S. The fourth-order valence-corrected chi connectivity index (χ4v) is 1.90. The Morgan fingerprint density at radius 1 is 1.54 bits per heavy atom. The van der Waals surface area contributed by atoms with Crippen LogP contribution < -0.4 is 5.73 Å². The molecule has 78 valence electrons. The van der Waals surface area contributed by atoms with Gasteiger partial charge in [-0.3, -0.25) is 4.79 Å². The quantitative estimate of drug-likeness (QED) is 0.663. The molecule has 0 saturated heterocycles. The number of methoxy groups -OCH3 is 1. The van der Waals surface area contributed by atoms with Crippen molar-refractivity contribution < 1.29 is 9.53 Å². The number of carbonyl (C=O) groups excluding carboxylic acids is 1. The monoisotopic (exact) mass is 205 g/mol. The van der Waals surface area contributed by atoms with E-state index in [1.54, 1.807) is 11.8 Å². The van der Waals surface area contributed by atoms with Crippen LogP contribution >= 0.6 is 11.8 Å². The van der Waals surface area contributed by atoms with Gasteiger partial charge in [0.15, 0.2) is 0 Å². The van der Waals surface area contributed by atoms with Crippen molar-refractivity contribution in [3.05, 3.63) is 0 Å². The summed E-state index contributed by atoms with van der Waals surface area (Å²) < 4.78 is 4.52. The minimum Gasteiger partial charge on any atom is -0.468 e. The lowest BCUT2D eigenvalue weighted by atomic mass is 10.2. The first-order valence-corrected chi connectivity index (χ1v) is 5.68. The summed E-state index contributed by atoms with van der Waals surface area (Å²) in [5.74, 6) is 2.07. The van der Waals surface area contributed by atoms with Crippen LogP contribution in [-0.2, 0) is 9.53 Å². The molecule has 0 saturated carbocycles. The number of hydrogen-bond donors (Lipinski definition) is 1. The highest BCUT2D eigenvalue weighted by molar-refractivity contribution is 7.99. The van der Waals surface area contributed by atoms with E-state index >= 15 is 0 Å². The van der Waals surface area contributed by atoms with Crippen LogP contribution in [-0.4, -0.2) is 30.6 Å². The Hall–Kier alpha value is -0.220. The molecule has 0 spiro atoms. The molecule has 0 aromatic heterocycles. The molecule has 0 aromatic rings. The first-order chi connectivity index (χ1) is 6.11. The van der Waals surface area contributed by atoms with Gasteiger partial charge in [0.05, 0.1) is 7.11 Å². The van der Waals surface area contributed by atoms with Crippen molar-refractivity contribution in [2.24, 2.45) is 11.7 Å². The van der Waals surface area contributed by atoms with E-state index in [1.165, 1.54) is 13.5 Å². The van der Waals surface area contributed by atoms with Gasteiger partial charge in [0.1, 0.15) is 6.04 Å². The molecule has 0 aliphatic heterocycles. The number of rotatable bonds is 6. The van der Waals surface area contributed by atoms with E-state index in [2.05, 4.69) is 18.6 Å². The molecule has 0 aliphatic carbocycles. The van der Waals surface area contributed by atoms with Crippen molar-refractivity contribution in [1.82, 2.24) is 0 Å². The van der Waals surface area contributed by atoms with E-state index in [0.29, 0.717) is 11.7 Å². The lowest BCUT2D eigenvalue weighted by molar-refractivity contribution is -0.141. The Kier molecular flexibility index (Phi) is 7.09. The number of esters is 1. The first-order valence-electron chi connectivity index (χ1n) is 4.53. The summed E-state index contributed by atoms with van der Waals surface area (Å²) in [6.07, 6.45) is 1.17. The maximum Gasteiger partial charge on any atom is 0.323 e. The third-order valence-corrected chi connectivity index (χ3v) is 3.30. The number of thioether (sulfide) groups is 1. The lowest BCUT2D eigenvalue weighted by Gasteiger charge is -2.11. The van der Waals surface area contributed by atoms with Crippen LogP contribution in [0.3, 0.4) is 0 Å². The highest BCUT2D eigenvalue weighted by atomic mass is 32.2. The van der Waals surface area contributed by atoms with Crippen LogP contribution in [0.25, 0.3) is 0 Å². The fourth-order valence-electron chi connectivity index (χ4n) is 0.733. The molecule has 0 fully saturated rings. The van der Waals surface area contributed by atoms with Crippen molar-refractivity contribution >= 4 is 17.7 Å². The van der Waals surface area contributed by atoms with E-state index in [4.69, 9.17) is 5.73 Å². The Morgan fingerprint density at radius 3 is 2.62 bits per heavy atom. The molecule has 0 radical (unpaired) electrons. The van der Waals surface area contributed by atoms with Gasteiger partial charge in [-0.25, -0.2) is 0 Å². The average molecular weight is 205 g/mol. The van der Waals surface area contributed by atoms with Gasteiger partial charge < -0.3 is 10.5 Å². The van der Waals surface area contributed by atoms with Gasteiger partial charge >= 0.3 is 5.97 Å². The Labute approximate surface area is 84.4 Å². The second kappa shape index (κ2) is 7.21. The molecule has 0 bridgehead atoms. The van der Waals surface area contributed by atoms with Crippen molar-refractivity contribution in [2.45, 2.75) is 26.3 Å². The SMILES string of the molecule is CCC(C)CSCC(N)C(=O)OC. The molecule has 2 unspecified atom stereocenters. The lowest BCUT2D eigenvalue weighted by Crippen LogP contribution is -2.34. The highest BCUT2D eigenvalue weighted by Crippen LogP contribution is 2.11. The van der Waals surface area contributed by atoms with Gasteiger partial charge in [-0.2, -0.15) is 11.8 Å². The van der Waals surface area contributed by atoms with Crippen molar-refractivity contribution in [2.75, 3.05) is 18.6 Å². The third kappa shape index (κ3) is 5.93. The van der Waals surface area contributed by atoms with Gasteiger partial charge in [-0.1, -0.05) is 20.3 Å². The Morgan fingerprint density at radius 2 is 2.15 bits per heavy atom. The molecule has 13 heavy (non-hydrogen) atoms. The van der Waals surface area contributed by atoms with Gasteiger partial charge in [0, 0.05) is 5.75 Å². The van der Waals surface area contributed by atoms with Crippen LogP contribution in [0.15, 0.2) is 0 Å². The van der Waals surface area contributed by atoms with Crippen molar-refractivity contribution in [1.29, 1.82) is 0 Å². The number of hydrogen-bond acceptors (Lipinski definition) is 4. The van der Waals surface area contributed by atoms with Crippen LogP contribution in [0.1, 0.15) is 20.3 Å². The minimum atomic E-state index is -0.473. The maximum atomic E-state index is 10.9. The summed E-state index contributed by atoms with van der Waals surface area (Å²) in [4.78, 5) is 10.9. The molecule has 0 amide bonds. The molecule has 4 heteroatoms. The molecule has 0 aromatic carbocycles. The minimum absolute atomic E-state index is 0.323. The highest BCUT2D eigenvalue weighted by Gasteiger charge is 2.13. The topological polar surface area (TPSA) is 52.3 Å². The zero-order chi connectivity index (χ0) is 10.3. The third-order valence-electron chi connectivity index (χ3n) is 1.90. The molecular weight excluding hydrogens is 186 g/mol. The second-order valence-corrected chi connectivity index (χ2v) is 4.26. The Bertz CT molecular complexity index is 153. The number of carbonyl (C=O) groups is 1. The van der Waals surface area contributed by atoms with Crippen LogP contribution in [0.5, 0.6) is 0 Å². The van der Waals surface area contributed by atoms with Gasteiger partial charge in [0.25, 0.3) is 0 Å². The van der Waals surface area contributed by atoms with Crippen molar-refractivity contribution in [3.63, 3.8) is 0 Å². The zero-order valence-corrected chi connectivity index (χ0v) is 9.39. The predicted molar refractivity (Wildman–Crippen MR) is 56.8 cm³/mol. The predicted octanol–water partition coefficient (Wildman–Crippen LogP) is 1.27. The van der Waals surface area contributed by atoms with E-state index in [0.717, 1.165) is 5.75 Å². The van der Waals surface area contributed by atoms with E-state index < -0.39 is 6.04 Å². The van der Waals surface area contributed by atoms with E-state index in [9.17, 15) is 4.79 Å². The summed E-state index contributed by atoms with van der Waals surface area (Å²) in [6, 6.07) is -0.473. The summed E-state index contributed by atoms with van der Waals surface area (Å²) in [5.41, 5.74) is 5.56. The standard InChI is InChI=1S/C9H19NO2S/c1-4-7(2)5-13-6-8(10)9(11)12-3/h7-8H,4-6,10H2,1-3H3. The van der Waals surface area contributed by atoms with Crippen LogP contribution in [0.2, 0.25) is 0 Å². The maximum absolute atomic E-state index is 10.9. The van der Waals surface area contributed by atoms with Crippen molar-refractivity contribution in [3.8, 4) is 0 Å². The molecule has 3 nitrogen and oxygen atoms in total. The first kappa shape index (κ1) is 12.8. The molecule has 2 atom stereocenters. The molecule has 0 aliphatic rings. The zero-order valence-electron chi connectivity index (χ0n) is 8.58. The van der Waals surface area contributed by atoms with E-state index in [1.807, 2.05) is 0 Å². The molecule has 0 rings (SSSR count). The van der Waals surface area contributed by atoms with Crippen LogP contribution in [0, 0.1) is 5.92 Å². The number of nitrogens with two attached hydrogens (primary N) is 1. The van der Waals surface area contributed by atoms with E-state index in [-0.39, 0.29) is 5.97 Å². The summed E-state index contributed by atoms with van der Waals surface area (Å²) >= 11 is 1.71. The smallest absolute Gasteiger partial charge is 0.323 e. The van der Waals surface area contributed by atoms with Crippen LogP contribution in [0.4, 0.5) is 0 Å². The van der Waals surface area contributed by atoms with Gasteiger partial charge in [-0.05, 0) is 11.7 Å². The summed E-state index contributed by atoms with van der Waals surface area (Å²) in [5, 5.41) is 0. The largest absolute Gasteiger partial charge is 0.468 e. The number of ether oxygens (including phenoxy) is 1. The fraction of sp³-hybridized carbons (Fsp3) is 0.889. The van der Waals surface area contributed by atoms with Gasteiger partial charge in [0.2, 0.25) is 0 Å². The summed E-state index contributed by atoms with van der Waals surface area (Å²) in [7, 11) is 1.36.